The second-order valence-corrected chi connectivity index (χ2v) is 5.84. The van der Waals surface area contributed by atoms with E-state index in [1.807, 2.05) is 6.26 Å². The second-order valence-electron chi connectivity index (χ2n) is 4.44. The molecule has 1 aliphatic rings. The summed E-state index contributed by atoms with van der Waals surface area (Å²) in [5.74, 6) is 0.0835. The lowest BCUT2D eigenvalue weighted by Gasteiger charge is -2.14. The fourth-order valence-corrected chi connectivity index (χ4v) is 2.68. The molecule has 0 bridgehead atoms. The number of nitrogens with one attached hydrogen (secondary N) is 1. The highest BCUT2D eigenvalue weighted by atomic mass is 35.5. The highest BCUT2D eigenvalue weighted by Gasteiger charge is 2.37. The third-order valence-electron chi connectivity index (χ3n) is 3.06. The van der Waals surface area contributed by atoms with E-state index < -0.39 is 17.9 Å². The second kappa shape index (κ2) is 6.45. The summed E-state index contributed by atoms with van der Waals surface area (Å²) in [4.78, 5) is 25.0. The number of hydrogen-bond donors (Lipinski definition) is 1. The van der Waals surface area contributed by atoms with E-state index in [2.05, 4.69) is 5.32 Å². The van der Waals surface area contributed by atoms with Crippen molar-refractivity contribution in [3.05, 3.63) is 34.6 Å². The number of amides is 3. The first kappa shape index (κ1) is 15.1. The van der Waals surface area contributed by atoms with Crippen molar-refractivity contribution >= 4 is 35.3 Å². The molecule has 2 rings (SSSR count). The van der Waals surface area contributed by atoms with Crippen LogP contribution in [0.15, 0.2) is 18.2 Å². The normalized spacial score (nSPS) is 18.6. The van der Waals surface area contributed by atoms with Crippen LogP contribution < -0.4 is 5.32 Å². The summed E-state index contributed by atoms with van der Waals surface area (Å²) in [6.07, 6.45) is 2.54. The van der Waals surface area contributed by atoms with E-state index in [1.165, 1.54) is 18.2 Å². The average molecular weight is 317 g/mol. The maximum Gasteiger partial charge on any atom is 0.325 e. The van der Waals surface area contributed by atoms with Crippen LogP contribution in [0.25, 0.3) is 0 Å². The molecular weight excluding hydrogens is 303 g/mol. The van der Waals surface area contributed by atoms with Gasteiger partial charge in [0.05, 0.1) is 6.54 Å². The van der Waals surface area contributed by atoms with Gasteiger partial charge in [-0.05, 0) is 36.1 Å². The van der Waals surface area contributed by atoms with Crippen molar-refractivity contribution < 1.29 is 14.0 Å². The summed E-state index contributed by atoms with van der Waals surface area (Å²) in [7, 11) is 0. The molecular formula is C13H14ClFN2O2S. The molecule has 0 spiro atoms. The van der Waals surface area contributed by atoms with Crippen molar-refractivity contribution in [2.75, 3.05) is 12.0 Å². The van der Waals surface area contributed by atoms with Gasteiger partial charge in [-0.2, -0.15) is 11.8 Å². The quantitative estimate of drug-likeness (QED) is 0.850. The molecule has 1 atom stereocenters. The minimum atomic E-state index is -0.478. The van der Waals surface area contributed by atoms with E-state index >= 15 is 0 Å². The zero-order valence-corrected chi connectivity index (χ0v) is 12.4. The summed E-state index contributed by atoms with van der Waals surface area (Å²) in [5.41, 5.74) is 0.544. The largest absolute Gasteiger partial charge is 0.326 e. The van der Waals surface area contributed by atoms with E-state index in [0.717, 1.165) is 10.7 Å². The Bertz CT molecular complexity index is 541. The molecule has 20 heavy (non-hydrogen) atoms. The molecule has 0 radical (unpaired) electrons. The number of carbonyl (C=O) groups is 2. The Morgan fingerprint density at radius 2 is 2.20 bits per heavy atom. The number of urea groups is 1. The van der Waals surface area contributed by atoms with E-state index in [-0.39, 0.29) is 17.5 Å². The molecule has 1 aromatic carbocycles. The predicted molar refractivity (Wildman–Crippen MR) is 77.3 cm³/mol. The lowest BCUT2D eigenvalue weighted by atomic mass is 10.2. The lowest BCUT2D eigenvalue weighted by Crippen LogP contribution is -2.31. The summed E-state index contributed by atoms with van der Waals surface area (Å²) >= 11 is 7.53. The van der Waals surface area contributed by atoms with Gasteiger partial charge in [0.25, 0.3) is 5.91 Å². The van der Waals surface area contributed by atoms with Crippen LogP contribution in [0.4, 0.5) is 9.18 Å². The highest BCUT2D eigenvalue weighted by Crippen LogP contribution is 2.21. The number of halogens is 2. The van der Waals surface area contributed by atoms with Crippen LogP contribution in [-0.2, 0) is 11.3 Å². The van der Waals surface area contributed by atoms with Gasteiger partial charge in [-0.1, -0.05) is 17.7 Å². The van der Waals surface area contributed by atoms with E-state index in [9.17, 15) is 14.0 Å². The number of hydrogen-bond acceptors (Lipinski definition) is 3. The monoisotopic (exact) mass is 316 g/mol. The zero-order valence-electron chi connectivity index (χ0n) is 10.9. The van der Waals surface area contributed by atoms with Crippen LogP contribution in [-0.4, -0.2) is 34.9 Å². The molecule has 0 aromatic heterocycles. The fraction of sp³-hybridized carbons (Fsp3) is 0.385. The molecule has 1 aromatic rings. The number of imide groups is 1. The van der Waals surface area contributed by atoms with Gasteiger partial charge in [-0.25, -0.2) is 9.18 Å². The smallest absolute Gasteiger partial charge is 0.325 e. The van der Waals surface area contributed by atoms with Gasteiger partial charge in [0.1, 0.15) is 11.9 Å². The topological polar surface area (TPSA) is 49.4 Å². The number of thioether (sulfide) groups is 1. The van der Waals surface area contributed by atoms with Gasteiger partial charge < -0.3 is 5.32 Å². The van der Waals surface area contributed by atoms with E-state index in [1.54, 1.807) is 11.8 Å². The maximum absolute atomic E-state index is 13.0. The molecule has 0 aliphatic carbocycles. The van der Waals surface area contributed by atoms with Gasteiger partial charge in [-0.3, -0.25) is 9.69 Å². The lowest BCUT2D eigenvalue weighted by molar-refractivity contribution is -0.127. The predicted octanol–water partition coefficient (Wildman–Crippen LogP) is 2.65. The van der Waals surface area contributed by atoms with Gasteiger partial charge in [0.2, 0.25) is 0 Å². The minimum Gasteiger partial charge on any atom is -0.326 e. The zero-order chi connectivity index (χ0) is 14.7. The maximum atomic E-state index is 13.0. The van der Waals surface area contributed by atoms with Gasteiger partial charge in [0.15, 0.2) is 0 Å². The van der Waals surface area contributed by atoms with Crippen molar-refractivity contribution in [1.29, 1.82) is 0 Å². The molecule has 1 unspecified atom stereocenters. The van der Waals surface area contributed by atoms with E-state index in [4.69, 9.17) is 11.6 Å². The highest BCUT2D eigenvalue weighted by molar-refractivity contribution is 7.98. The molecule has 1 heterocycles. The van der Waals surface area contributed by atoms with Crippen LogP contribution in [0, 0.1) is 5.82 Å². The van der Waals surface area contributed by atoms with E-state index in [0.29, 0.717) is 12.0 Å². The first-order chi connectivity index (χ1) is 9.52. The van der Waals surface area contributed by atoms with Crippen molar-refractivity contribution in [2.24, 2.45) is 0 Å². The molecule has 3 amide bonds. The Morgan fingerprint density at radius 1 is 1.45 bits per heavy atom. The van der Waals surface area contributed by atoms with Crippen LogP contribution in [0.1, 0.15) is 12.0 Å². The first-order valence-electron chi connectivity index (χ1n) is 6.07. The van der Waals surface area contributed by atoms with Crippen LogP contribution in [0.3, 0.4) is 0 Å². The number of benzene rings is 1. The third kappa shape index (κ3) is 3.24. The summed E-state index contributed by atoms with van der Waals surface area (Å²) in [6.45, 7) is 0.0551. The van der Waals surface area contributed by atoms with Crippen LogP contribution in [0.5, 0.6) is 0 Å². The Morgan fingerprint density at radius 3 is 2.85 bits per heavy atom. The third-order valence-corrected chi connectivity index (χ3v) is 4.06. The number of rotatable bonds is 5. The van der Waals surface area contributed by atoms with Crippen molar-refractivity contribution in [3.63, 3.8) is 0 Å². The molecule has 1 aliphatic heterocycles. The molecule has 108 valence electrons. The Kier molecular flexibility index (Phi) is 4.88. The Hall–Kier alpha value is -1.27. The Balaban J connectivity index is 2.09. The molecule has 0 saturated carbocycles. The van der Waals surface area contributed by atoms with Gasteiger partial charge >= 0.3 is 6.03 Å². The average Bonchev–Trinajstić information content (AvgIpc) is 2.66. The molecule has 1 fully saturated rings. The summed E-state index contributed by atoms with van der Waals surface area (Å²) in [5, 5.41) is 2.85. The van der Waals surface area contributed by atoms with Crippen molar-refractivity contribution in [1.82, 2.24) is 10.2 Å². The minimum absolute atomic E-state index is 0.0551. The van der Waals surface area contributed by atoms with Crippen molar-refractivity contribution in [3.8, 4) is 0 Å². The summed E-state index contributed by atoms with van der Waals surface area (Å²) < 4.78 is 13.0. The molecule has 4 nitrogen and oxygen atoms in total. The molecule has 1 saturated heterocycles. The van der Waals surface area contributed by atoms with Gasteiger partial charge in [-0.15, -0.1) is 0 Å². The fourth-order valence-electron chi connectivity index (χ4n) is 1.98. The first-order valence-corrected chi connectivity index (χ1v) is 7.85. The standard InChI is InChI=1S/C13H14ClFN2O2S/c1-20-5-4-11-12(18)17(13(19)16-11)7-8-2-3-9(15)6-10(8)14/h2-3,6,11H,4-5,7H2,1H3,(H,16,19). The Labute approximate surface area is 125 Å². The van der Waals surface area contributed by atoms with Crippen LogP contribution >= 0.6 is 23.4 Å². The molecule has 7 heteroatoms. The SMILES string of the molecule is CSCCC1NC(=O)N(Cc2ccc(F)cc2Cl)C1=O. The number of carbonyl (C=O) groups excluding carboxylic acids is 2. The molecule has 1 N–H and O–H groups in total. The number of nitrogens with zero attached hydrogens (tertiary/aromatic N) is 1. The van der Waals surface area contributed by atoms with Gasteiger partial charge in [0, 0.05) is 5.02 Å². The summed E-state index contributed by atoms with van der Waals surface area (Å²) in [6, 6.07) is 2.99. The van der Waals surface area contributed by atoms with Crippen LogP contribution in [0.2, 0.25) is 5.02 Å². The van der Waals surface area contributed by atoms with Crippen molar-refractivity contribution in [2.45, 2.75) is 19.0 Å².